The molecule has 0 bridgehead atoms. The molecular formula is C14H20O4. The van der Waals surface area contributed by atoms with Crippen LogP contribution in [0.1, 0.15) is 39.0 Å². The number of rotatable bonds is 7. The molecule has 1 rings (SSSR count). The summed E-state index contributed by atoms with van der Waals surface area (Å²) in [5.41, 5.74) is 0.720. The van der Waals surface area contributed by atoms with Gasteiger partial charge in [0.05, 0.1) is 12.7 Å². The molecule has 100 valence electrons. The maximum Gasteiger partial charge on any atom is 0.306 e. The van der Waals surface area contributed by atoms with Gasteiger partial charge in [-0.3, -0.25) is 9.59 Å². The van der Waals surface area contributed by atoms with Gasteiger partial charge >= 0.3 is 5.97 Å². The molecule has 1 atom stereocenters. The molecule has 1 N–H and O–H groups in total. The second kappa shape index (κ2) is 7.82. The van der Waals surface area contributed by atoms with Crippen LogP contribution >= 0.6 is 0 Å². The minimum atomic E-state index is -0.597. The minimum Gasteiger partial charge on any atom is -0.466 e. The Bertz CT molecular complexity index is 355. The van der Waals surface area contributed by atoms with Crippen LogP contribution in [0.3, 0.4) is 0 Å². The fraction of sp³-hybridized carbons (Fsp3) is 0.571. The Labute approximate surface area is 107 Å². The van der Waals surface area contributed by atoms with Crippen LogP contribution < -0.4 is 0 Å². The quantitative estimate of drug-likeness (QED) is 0.555. The summed E-state index contributed by atoms with van der Waals surface area (Å²) >= 11 is 0. The zero-order valence-corrected chi connectivity index (χ0v) is 10.7. The molecule has 18 heavy (non-hydrogen) atoms. The third kappa shape index (κ3) is 5.27. The summed E-state index contributed by atoms with van der Waals surface area (Å²) in [6.45, 7) is 2.20. The van der Waals surface area contributed by atoms with Crippen molar-refractivity contribution in [2.24, 2.45) is 0 Å². The lowest BCUT2D eigenvalue weighted by atomic mass is 10.1. The predicted octanol–water partition coefficient (Wildman–Crippen LogP) is 1.93. The standard InChI is InChI=1S/C14H20O4/c1-2-18-14(17)8-6-4-3-5-7-11-9-12(15)10-13(11)16/h3-4,9,12,15H,2,5-8,10H2,1H3/b4-3-. The van der Waals surface area contributed by atoms with Crippen LogP contribution in [0.5, 0.6) is 0 Å². The molecule has 1 unspecified atom stereocenters. The van der Waals surface area contributed by atoms with Gasteiger partial charge in [0.2, 0.25) is 0 Å². The van der Waals surface area contributed by atoms with Crippen molar-refractivity contribution < 1.29 is 19.4 Å². The molecular weight excluding hydrogens is 232 g/mol. The molecule has 0 aromatic carbocycles. The SMILES string of the molecule is CCOC(=O)CC/C=C\CCC1=CC(O)CC1=O. The molecule has 4 heteroatoms. The first-order chi connectivity index (χ1) is 8.63. The Hall–Kier alpha value is -1.42. The van der Waals surface area contributed by atoms with Gasteiger partial charge in [0.25, 0.3) is 0 Å². The molecule has 1 aliphatic carbocycles. The Kier molecular flexibility index (Phi) is 6.36. The van der Waals surface area contributed by atoms with E-state index in [1.807, 2.05) is 12.2 Å². The molecule has 0 radical (unpaired) electrons. The van der Waals surface area contributed by atoms with Crippen molar-refractivity contribution in [2.45, 2.75) is 45.1 Å². The summed E-state index contributed by atoms with van der Waals surface area (Å²) in [7, 11) is 0. The van der Waals surface area contributed by atoms with Crippen molar-refractivity contribution in [3.8, 4) is 0 Å². The second-order valence-corrected chi connectivity index (χ2v) is 4.24. The van der Waals surface area contributed by atoms with Crippen LogP contribution in [0.25, 0.3) is 0 Å². The van der Waals surface area contributed by atoms with Gasteiger partial charge in [-0.25, -0.2) is 0 Å². The van der Waals surface area contributed by atoms with Crippen molar-refractivity contribution in [3.63, 3.8) is 0 Å². The van der Waals surface area contributed by atoms with Gasteiger partial charge < -0.3 is 9.84 Å². The van der Waals surface area contributed by atoms with Gasteiger partial charge in [-0.05, 0) is 37.8 Å². The Morgan fingerprint density at radius 3 is 2.83 bits per heavy atom. The molecule has 0 amide bonds. The van der Waals surface area contributed by atoms with Crippen molar-refractivity contribution in [1.29, 1.82) is 0 Å². The van der Waals surface area contributed by atoms with Gasteiger partial charge in [-0.2, -0.15) is 0 Å². The fourth-order valence-electron chi connectivity index (χ4n) is 1.84. The first-order valence-corrected chi connectivity index (χ1v) is 6.36. The van der Waals surface area contributed by atoms with E-state index in [4.69, 9.17) is 4.74 Å². The lowest BCUT2D eigenvalue weighted by Gasteiger charge is -1.98. The highest BCUT2D eigenvalue weighted by molar-refractivity contribution is 5.98. The van der Waals surface area contributed by atoms with E-state index in [2.05, 4.69) is 0 Å². The maximum atomic E-state index is 11.4. The van der Waals surface area contributed by atoms with Crippen LogP contribution in [0.4, 0.5) is 0 Å². The van der Waals surface area contributed by atoms with Gasteiger partial charge in [-0.15, -0.1) is 0 Å². The Morgan fingerprint density at radius 1 is 1.50 bits per heavy atom. The number of ketones is 1. The number of hydrogen-bond acceptors (Lipinski definition) is 4. The highest BCUT2D eigenvalue weighted by Gasteiger charge is 2.20. The van der Waals surface area contributed by atoms with E-state index in [1.165, 1.54) is 0 Å². The number of esters is 1. The molecule has 1 aliphatic rings. The number of hydrogen-bond donors (Lipinski definition) is 1. The van der Waals surface area contributed by atoms with E-state index < -0.39 is 6.10 Å². The van der Waals surface area contributed by atoms with Crippen LogP contribution in [0, 0.1) is 0 Å². The zero-order valence-electron chi connectivity index (χ0n) is 10.7. The Morgan fingerprint density at radius 2 is 2.22 bits per heavy atom. The highest BCUT2D eigenvalue weighted by Crippen LogP contribution is 2.19. The Balaban J connectivity index is 2.13. The number of carbonyl (C=O) groups excluding carboxylic acids is 2. The van der Waals surface area contributed by atoms with Gasteiger partial charge in [0.1, 0.15) is 0 Å². The molecule has 0 aliphatic heterocycles. The summed E-state index contributed by atoms with van der Waals surface area (Å²) < 4.78 is 4.80. The third-order valence-electron chi connectivity index (χ3n) is 2.71. The van der Waals surface area contributed by atoms with E-state index in [0.29, 0.717) is 25.9 Å². The van der Waals surface area contributed by atoms with Crippen LogP contribution in [0.2, 0.25) is 0 Å². The van der Waals surface area contributed by atoms with E-state index >= 15 is 0 Å². The van der Waals surface area contributed by atoms with Crippen LogP contribution in [-0.4, -0.2) is 29.6 Å². The largest absolute Gasteiger partial charge is 0.466 e. The summed E-state index contributed by atoms with van der Waals surface area (Å²) in [5, 5.41) is 9.26. The number of ether oxygens (including phenoxy) is 1. The lowest BCUT2D eigenvalue weighted by molar-refractivity contribution is -0.143. The highest BCUT2D eigenvalue weighted by atomic mass is 16.5. The number of carbonyl (C=O) groups is 2. The molecule has 0 spiro atoms. The predicted molar refractivity (Wildman–Crippen MR) is 68.0 cm³/mol. The summed E-state index contributed by atoms with van der Waals surface area (Å²) in [6.07, 6.45) is 7.61. The summed E-state index contributed by atoms with van der Waals surface area (Å²) in [5.74, 6) is -0.138. The van der Waals surface area contributed by atoms with Crippen molar-refractivity contribution in [2.75, 3.05) is 6.61 Å². The van der Waals surface area contributed by atoms with Crippen molar-refractivity contribution in [3.05, 3.63) is 23.8 Å². The maximum absolute atomic E-state index is 11.4. The molecule has 0 aromatic rings. The number of Topliss-reactive ketones (excluding diaryl/α,β-unsaturated/α-hetero) is 1. The van der Waals surface area contributed by atoms with Crippen molar-refractivity contribution >= 4 is 11.8 Å². The smallest absolute Gasteiger partial charge is 0.306 e. The van der Waals surface area contributed by atoms with E-state index in [9.17, 15) is 14.7 Å². The van der Waals surface area contributed by atoms with E-state index in [1.54, 1.807) is 13.0 Å². The van der Waals surface area contributed by atoms with Crippen LogP contribution in [0.15, 0.2) is 23.8 Å². The lowest BCUT2D eigenvalue weighted by Crippen LogP contribution is -2.02. The number of aliphatic hydroxyl groups is 1. The first-order valence-electron chi connectivity index (χ1n) is 6.36. The topological polar surface area (TPSA) is 63.6 Å². The average molecular weight is 252 g/mol. The summed E-state index contributed by atoms with van der Waals surface area (Å²) in [4.78, 5) is 22.4. The number of allylic oxidation sites excluding steroid dienone is 3. The molecule has 0 saturated carbocycles. The van der Waals surface area contributed by atoms with Gasteiger partial charge in [-0.1, -0.05) is 12.2 Å². The van der Waals surface area contributed by atoms with E-state index in [0.717, 1.165) is 12.0 Å². The molecule has 0 saturated heterocycles. The molecule has 4 nitrogen and oxygen atoms in total. The van der Waals surface area contributed by atoms with Crippen LogP contribution in [-0.2, 0) is 14.3 Å². The third-order valence-corrected chi connectivity index (χ3v) is 2.71. The van der Waals surface area contributed by atoms with Crippen molar-refractivity contribution in [1.82, 2.24) is 0 Å². The van der Waals surface area contributed by atoms with Gasteiger partial charge in [0, 0.05) is 12.8 Å². The molecule has 0 fully saturated rings. The normalized spacial score (nSPS) is 19.3. The van der Waals surface area contributed by atoms with Gasteiger partial charge in [0.15, 0.2) is 5.78 Å². The van der Waals surface area contributed by atoms with E-state index in [-0.39, 0.29) is 18.2 Å². The average Bonchev–Trinajstić information content (AvgIpc) is 2.62. The zero-order chi connectivity index (χ0) is 13.4. The number of aliphatic hydroxyl groups excluding tert-OH is 1. The first kappa shape index (κ1) is 14.6. The monoisotopic (exact) mass is 252 g/mol. The fourth-order valence-corrected chi connectivity index (χ4v) is 1.84. The minimum absolute atomic E-state index is 0.0439. The molecule has 0 aromatic heterocycles. The second-order valence-electron chi connectivity index (χ2n) is 4.24. The molecule has 0 heterocycles. The summed E-state index contributed by atoms with van der Waals surface area (Å²) in [6, 6.07) is 0.